The lowest BCUT2D eigenvalue weighted by Crippen LogP contribution is -2.24. The molecule has 2 amide bonds. The van der Waals surface area contributed by atoms with Crippen LogP contribution < -0.4 is 10.6 Å². The first kappa shape index (κ1) is 23.3. The summed E-state index contributed by atoms with van der Waals surface area (Å²) < 4.78 is 54.1. The molecule has 1 unspecified atom stereocenters. The van der Waals surface area contributed by atoms with Crippen molar-refractivity contribution < 1.29 is 27.2 Å². The maximum atomic E-state index is 13.7. The molecule has 32 heavy (non-hydrogen) atoms. The molecule has 0 aromatic heterocycles. The smallest absolute Gasteiger partial charge is 0.255 e. The van der Waals surface area contributed by atoms with E-state index in [1.165, 1.54) is 6.92 Å². The first-order chi connectivity index (χ1) is 15.2. The van der Waals surface area contributed by atoms with Crippen LogP contribution in [0, 0.1) is 30.2 Å². The molecule has 9 heteroatoms. The predicted octanol–water partition coefficient (Wildman–Crippen LogP) is 5.92. The van der Waals surface area contributed by atoms with Crippen LogP contribution >= 0.6 is 11.8 Å². The molecule has 2 N–H and O–H groups in total. The van der Waals surface area contributed by atoms with Gasteiger partial charge in [0.15, 0.2) is 23.3 Å². The number of hydrogen-bond acceptors (Lipinski definition) is 3. The first-order valence-corrected chi connectivity index (χ1v) is 10.3. The Balaban J connectivity index is 1.62. The number of amides is 2. The number of carbonyl (C=O) groups excluding carboxylic acids is 2. The van der Waals surface area contributed by atoms with E-state index in [-0.39, 0.29) is 12.0 Å². The molecule has 0 aliphatic heterocycles. The minimum atomic E-state index is -1.68. The van der Waals surface area contributed by atoms with E-state index in [9.17, 15) is 27.2 Å². The van der Waals surface area contributed by atoms with Gasteiger partial charge in [0.2, 0.25) is 5.91 Å². The molecule has 0 fully saturated rings. The fourth-order valence-corrected chi connectivity index (χ4v) is 3.56. The molecule has 166 valence electrons. The van der Waals surface area contributed by atoms with E-state index in [2.05, 4.69) is 5.32 Å². The molecule has 1 atom stereocenters. The molecule has 3 aromatic rings. The summed E-state index contributed by atoms with van der Waals surface area (Å²) in [7, 11) is 0. The number of aryl methyl sites for hydroxylation is 1. The molecule has 3 aromatic carbocycles. The highest BCUT2D eigenvalue weighted by Gasteiger charge is 2.23. The lowest BCUT2D eigenvalue weighted by Gasteiger charge is -2.14. The lowest BCUT2D eigenvalue weighted by molar-refractivity contribution is -0.115. The Morgan fingerprint density at radius 1 is 0.844 bits per heavy atom. The van der Waals surface area contributed by atoms with E-state index < -0.39 is 40.1 Å². The third-order valence-electron chi connectivity index (χ3n) is 4.47. The van der Waals surface area contributed by atoms with E-state index >= 15 is 0 Å². The van der Waals surface area contributed by atoms with E-state index in [0.717, 1.165) is 17.3 Å². The molecular formula is C23H18F4N2O2S. The second-order valence-corrected chi connectivity index (χ2v) is 8.35. The molecule has 4 nitrogen and oxygen atoms in total. The van der Waals surface area contributed by atoms with Crippen molar-refractivity contribution in [3.63, 3.8) is 0 Å². The highest BCUT2D eigenvalue weighted by atomic mass is 32.2. The number of thioether (sulfide) groups is 1. The van der Waals surface area contributed by atoms with Crippen molar-refractivity contribution in [3.05, 3.63) is 89.0 Å². The van der Waals surface area contributed by atoms with Gasteiger partial charge in [-0.15, -0.1) is 11.8 Å². The largest absolute Gasteiger partial charge is 0.322 e. The van der Waals surface area contributed by atoms with Crippen LogP contribution in [0.15, 0.2) is 59.5 Å². The summed E-state index contributed by atoms with van der Waals surface area (Å²) in [6, 6.07) is 13.7. The van der Waals surface area contributed by atoms with Gasteiger partial charge in [-0.2, -0.15) is 0 Å². The molecule has 0 bridgehead atoms. The topological polar surface area (TPSA) is 58.2 Å². The van der Waals surface area contributed by atoms with Gasteiger partial charge in [-0.1, -0.05) is 17.7 Å². The third-order valence-corrected chi connectivity index (χ3v) is 5.58. The summed E-state index contributed by atoms with van der Waals surface area (Å²) in [5.41, 5.74) is 0.909. The Bertz CT molecular complexity index is 1130. The van der Waals surface area contributed by atoms with Gasteiger partial charge in [-0.05, 0) is 50.2 Å². The van der Waals surface area contributed by atoms with Gasteiger partial charge in [-0.3, -0.25) is 9.59 Å². The molecule has 0 spiro atoms. The normalized spacial score (nSPS) is 11.7. The Hall–Kier alpha value is -3.33. The van der Waals surface area contributed by atoms with Crippen LogP contribution in [0.3, 0.4) is 0 Å². The van der Waals surface area contributed by atoms with Gasteiger partial charge in [-0.25, -0.2) is 17.6 Å². The molecule has 3 rings (SSSR count). The summed E-state index contributed by atoms with van der Waals surface area (Å²) in [6.45, 7) is 3.39. The Morgan fingerprint density at radius 2 is 1.41 bits per heavy atom. The fourth-order valence-electron chi connectivity index (χ4n) is 2.69. The van der Waals surface area contributed by atoms with Crippen LogP contribution in [0.25, 0.3) is 0 Å². The number of nitrogens with one attached hydrogen (secondary N) is 2. The molecule has 0 aliphatic carbocycles. The number of benzene rings is 3. The summed E-state index contributed by atoms with van der Waals surface area (Å²) in [6.07, 6.45) is 0. The van der Waals surface area contributed by atoms with E-state index in [0.29, 0.717) is 16.1 Å². The van der Waals surface area contributed by atoms with Crippen molar-refractivity contribution in [2.75, 3.05) is 10.6 Å². The predicted molar refractivity (Wildman–Crippen MR) is 116 cm³/mol. The summed E-state index contributed by atoms with van der Waals surface area (Å²) in [5.74, 6) is -7.68. The average molecular weight is 462 g/mol. The molecule has 0 saturated carbocycles. The first-order valence-electron chi connectivity index (χ1n) is 9.44. The minimum absolute atomic E-state index is 0.0671. The number of halogens is 4. The molecule has 0 aliphatic rings. The highest BCUT2D eigenvalue weighted by Crippen LogP contribution is 2.28. The quantitative estimate of drug-likeness (QED) is 0.272. The lowest BCUT2D eigenvalue weighted by atomic mass is 10.1. The second-order valence-electron chi connectivity index (χ2n) is 6.94. The van der Waals surface area contributed by atoms with Gasteiger partial charge in [0.1, 0.15) is 5.69 Å². The summed E-state index contributed by atoms with van der Waals surface area (Å²) >= 11 is 1.06. The maximum Gasteiger partial charge on any atom is 0.255 e. The van der Waals surface area contributed by atoms with Crippen LogP contribution in [-0.4, -0.2) is 17.1 Å². The van der Waals surface area contributed by atoms with Crippen LogP contribution in [0.5, 0.6) is 0 Å². The van der Waals surface area contributed by atoms with Gasteiger partial charge in [0.05, 0.1) is 5.25 Å². The van der Waals surface area contributed by atoms with Crippen LogP contribution in [0.1, 0.15) is 22.8 Å². The van der Waals surface area contributed by atoms with Crippen molar-refractivity contribution in [2.24, 2.45) is 0 Å². The maximum absolute atomic E-state index is 13.7. The second kappa shape index (κ2) is 9.86. The van der Waals surface area contributed by atoms with Crippen molar-refractivity contribution >= 4 is 35.0 Å². The van der Waals surface area contributed by atoms with Crippen LogP contribution in [-0.2, 0) is 4.79 Å². The van der Waals surface area contributed by atoms with Gasteiger partial charge >= 0.3 is 0 Å². The zero-order valence-corrected chi connectivity index (χ0v) is 17.8. The zero-order chi connectivity index (χ0) is 23.4. The van der Waals surface area contributed by atoms with Crippen molar-refractivity contribution in [1.29, 1.82) is 0 Å². The molecule has 0 heterocycles. The van der Waals surface area contributed by atoms with E-state index in [1.54, 1.807) is 36.4 Å². The fraction of sp³-hybridized carbons (Fsp3) is 0.130. The van der Waals surface area contributed by atoms with E-state index in [4.69, 9.17) is 0 Å². The van der Waals surface area contributed by atoms with Crippen LogP contribution in [0.4, 0.5) is 28.9 Å². The number of rotatable bonds is 6. The highest BCUT2D eigenvalue weighted by molar-refractivity contribution is 8.00. The summed E-state index contributed by atoms with van der Waals surface area (Å²) in [4.78, 5) is 25.2. The number of anilines is 2. The molecule has 0 radical (unpaired) electrons. The third kappa shape index (κ3) is 5.47. The van der Waals surface area contributed by atoms with Crippen molar-refractivity contribution in [1.82, 2.24) is 0 Å². The number of hydrogen-bond donors (Lipinski definition) is 2. The van der Waals surface area contributed by atoms with Gasteiger partial charge in [0.25, 0.3) is 5.91 Å². The van der Waals surface area contributed by atoms with Gasteiger partial charge in [0, 0.05) is 22.2 Å². The Morgan fingerprint density at radius 3 is 1.97 bits per heavy atom. The minimum Gasteiger partial charge on any atom is -0.322 e. The van der Waals surface area contributed by atoms with E-state index in [1.807, 2.05) is 24.4 Å². The zero-order valence-electron chi connectivity index (χ0n) is 17.0. The Labute approximate surface area is 186 Å². The van der Waals surface area contributed by atoms with Gasteiger partial charge < -0.3 is 10.6 Å². The summed E-state index contributed by atoms with van der Waals surface area (Å²) in [5, 5.41) is 3.81. The average Bonchev–Trinajstić information content (AvgIpc) is 2.77. The standard InChI is InChI=1S/C23H18F4N2O2S/c1-12-3-5-14(6-4-12)23(31)28-15-7-9-16(10-8-15)32-13(2)22(30)29-21-19(26)17(24)11-18(25)20(21)27/h3-11,13H,1-2H3,(H,28,31)(H,29,30). The van der Waals surface area contributed by atoms with Crippen molar-refractivity contribution in [2.45, 2.75) is 24.0 Å². The monoisotopic (exact) mass is 462 g/mol. The molecular weight excluding hydrogens is 444 g/mol. The molecule has 0 saturated heterocycles. The van der Waals surface area contributed by atoms with Crippen molar-refractivity contribution in [3.8, 4) is 0 Å². The Kier molecular flexibility index (Phi) is 7.19. The number of carbonyl (C=O) groups is 2. The SMILES string of the molecule is Cc1ccc(C(=O)Nc2ccc(SC(C)C(=O)Nc3c(F)c(F)cc(F)c3F)cc2)cc1. The van der Waals surface area contributed by atoms with Crippen LogP contribution in [0.2, 0.25) is 0 Å².